The average Bonchev–Trinajstić information content (AvgIpc) is 2.30. The SMILES string of the molecule is CC[N+](C)(C)C(C)C.O=C([O-])c1ccccc1. The molecule has 0 unspecified atom stereocenters. The molecule has 1 aromatic rings. The third kappa shape index (κ3) is 6.07. The standard InChI is InChI=1S/C7H18N.C7H6O2/c1-6-8(4,5)7(2)3;8-7(9)6-4-2-1-3-5-6/h7H,6H2,1-5H3;1-5H,(H,8,9)/q+1;/p-1. The van der Waals surface area contributed by atoms with Gasteiger partial charge in [-0.15, -0.1) is 0 Å². The van der Waals surface area contributed by atoms with Gasteiger partial charge in [-0.25, -0.2) is 0 Å². The van der Waals surface area contributed by atoms with E-state index in [1.165, 1.54) is 18.7 Å². The van der Waals surface area contributed by atoms with E-state index in [0.717, 1.165) is 10.5 Å². The van der Waals surface area contributed by atoms with Crippen molar-refractivity contribution in [2.75, 3.05) is 20.6 Å². The summed E-state index contributed by atoms with van der Waals surface area (Å²) in [4.78, 5) is 10.1. The Kier molecular flexibility index (Phi) is 6.51. The van der Waals surface area contributed by atoms with Gasteiger partial charge in [0.25, 0.3) is 0 Å². The molecule has 0 amide bonds. The summed E-state index contributed by atoms with van der Waals surface area (Å²) >= 11 is 0. The molecule has 0 bridgehead atoms. The van der Waals surface area contributed by atoms with Gasteiger partial charge in [0.15, 0.2) is 0 Å². The molecule has 96 valence electrons. The summed E-state index contributed by atoms with van der Waals surface area (Å²) < 4.78 is 1.12. The van der Waals surface area contributed by atoms with Crippen molar-refractivity contribution in [2.24, 2.45) is 0 Å². The van der Waals surface area contributed by atoms with Crippen LogP contribution in [0.3, 0.4) is 0 Å². The fraction of sp³-hybridized carbons (Fsp3) is 0.500. The Hall–Kier alpha value is -1.35. The molecular formula is C14H23NO2. The minimum absolute atomic E-state index is 0.220. The van der Waals surface area contributed by atoms with Crippen LogP contribution < -0.4 is 5.11 Å². The van der Waals surface area contributed by atoms with Crippen molar-refractivity contribution in [2.45, 2.75) is 26.8 Å². The normalized spacial score (nSPS) is 10.7. The molecule has 17 heavy (non-hydrogen) atoms. The van der Waals surface area contributed by atoms with Gasteiger partial charge in [0.1, 0.15) is 0 Å². The van der Waals surface area contributed by atoms with E-state index in [1.807, 2.05) is 0 Å². The fourth-order valence-electron chi connectivity index (χ4n) is 0.939. The summed E-state index contributed by atoms with van der Waals surface area (Å²) in [5.41, 5.74) is 0.220. The lowest BCUT2D eigenvalue weighted by atomic mass is 10.2. The van der Waals surface area contributed by atoms with Gasteiger partial charge >= 0.3 is 0 Å². The van der Waals surface area contributed by atoms with Crippen molar-refractivity contribution in [1.82, 2.24) is 0 Å². The predicted molar refractivity (Wildman–Crippen MR) is 68.6 cm³/mol. The summed E-state index contributed by atoms with van der Waals surface area (Å²) in [6.07, 6.45) is 0. The quantitative estimate of drug-likeness (QED) is 0.748. The Morgan fingerprint density at radius 3 is 1.88 bits per heavy atom. The molecule has 0 radical (unpaired) electrons. The molecule has 0 atom stereocenters. The highest BCUT2D eigenvalue weighted by molar-refractivity contribution is 5.85. The maximum absolute atomic E-state index is 10.1. The fourth-order valence-corrected chi connectivity index (χ4v) is 0.939. The van der Waals surface area contributed by atoms with Crippen molar-refractivity contribution in [1.29, 1.82) is 0 Å². The smallest absolute Gasteiger partial charge is 0.0829 e. The largest absolute Gasteiger partial charge is 0.545 e. The Bertz CT molecular complexity index is 331. The van der Waals surface area contributed by atoms with E-state index in [9.17, 15) is 9.90 Å². The Balaban J connectivity index is 0.000000304. The van der Waals surface area contributed by atoms with Gasteiger partial charge < -0.3 is 14.4 Å². The van der Waals surface area contributed by atoms with Gasteiger partial charge in [-0.1, -0.05) is 30.3 Å². The number of hydrogen-bond acceptors (Lipinski definition) is 2. The molecule has 3 nitrogen and oxygen atoms in total. The summed E-state index contributed by atoms with van der Waals surface area (Å²) in [6, 6.07) is 8.81. The topological polar surface area (TPSA) is 40.1 Å². The van der Waals surface area contributed by atoms with Crippen molar-refractivity contribution in [3.63, 3.8) is 0 Å². The third-order valence-corrected chi connectivity index (χ3v) is 3.22. The second-order valence-corrected chi connectivity index (χ2v) is 4.84. The second-order valence-electron chi connectivity index (χ2n) is 4.84. The third-order valence-electron chi connectivity index (χ3n) is 3.22. The monoisotopic (exact) mass is 237 g/mol. The van der Waals surface area contributed by atoms with Crippen LogP contribution in [0.25, 0.3) is 0 Å². The molecule has 0 aliphatic rings. The molecule has 0 saturated heterocycles. The highest BCUT2D eigenvalue weighted by atomic mass is 16.4. The number of carbonyl (C=O) groups excluding carboxylic acids is 1. The van der Waals surface area contributed by atoms with Gasteiger partial charge in [-0.3, -0.25) is 0 Å². The first-order valence-corrected chi connectivity index (χ1v) is 5.90. The predicted octanol–water partition coefficient (Wildman–Crippen LogP) is 1.54. The Labute approximate surface area is 104 Å². The molecule has 1 rings (SSSR count). The Morgan fingerprint density at radius 2 is 1.71 bits per heavy atom. The first-order valence-electron chi connectivity index (χ1n) is 5.90. The van der Waals surface area contributed by atoms with Crippen LogP contribution in [0.4, 0.5) is 0 Å². The maximum atomic E-state index is 10.1. The van der Waals surface area contributed by atoms with Crippen LogP contribution in [-0.2, 0) is 0 Å². The molecule has 3 heteroatoms. The van der Waals surface area contributed by atoms with E-state index in [0.29, 0.717) is 0 Å². The number of benzene rings is 1. The van der Waals surface area contributed by atoms with Gasteiger partial charge in [0.05, 0.1) is 32.7 Å². The Morgan fingerprint density at radius 1 is 1.24 bits per heavy atom. The van der Waals surface area contributed by atoms with Crippen molar-refractivity contribution < 1.29 is 14.4 Å². The number of hydrogen-bond donors (Lipinski definition) is 0. The molecule has 0 aliphatic carbocycles. The maximum Gasteiger partial charge on any atom is 0.0829 e. The molecule has 0 aliphatic heterocycles. The molecule has 0 aromatic heterocycles. The van der Waals surface area contributed by atoms with Crippen LogP contribution in [0.1, 0.15) is 31.1 Å². The van der Waals surface area contributed by atoms with Gasteiger partial charge in [0.2, 0.25) is 0 Å². The van der Waals surface area contributed by atoms with E-state index in [2.05, 4.69) is 34.9 Å². The van der Waals surface area contributed by atoms with E-state index in [4.69, 9.17) is 0 Å². The highest BCUT2D eigenvalue weighted by Gasteiger charge is 2.15. The summed E-state index contributed by atoms with van der Waals surface area (Å²) in [5, 5.41) is 10.1. The van der Waals surface area contributed by atoms with E-state index < -0.39 is 5.97 Å². The number of quaternary nitrogens is 1. The van der Waals surface area contributed by atoms with Crippen LogP contribution >= 0.6 is 0 Å². The average molecular weight is 237 g/mol. The lowest BCUT2D eigenvalue weighted by molar-refractivity contribution is -0.909. The first-order chi connectivity index (χ1) is 7.81. The first kappa shape index (κ1) is 15.7. The summed E-state index contributed by atoms with van der Waals surface area (Å²) in [6.45, 7) is 7.95. The molecule has 1 aromatic carbocycles. The van der Waals surface area contributed by atoms with Crippen LogP contribution in [-0.4, -0.2) is 37.1 Å². The number of aromatic carboxylic acids is 1. The minimum atomic E-state index is -1.13. The lowest BCUT2D eigenvalue weighted by Gasteiger charge is -2.32. The van der Waals surface area contributed by atoms with Crippen LogP contribution in [0.15, 0.2) is 30.3 Å². The van der Waals surface area contributed by atoms with E-state index in [-0.39, 0.29) is 5.56 Å². The number of carboxylic acids is 1. The van der Waals surface area contributed by atoms with Crippen molar-refractivity contribution >= 4 is 5.97 Å². The van der Waals surface area contributed by atoms with Crippen molar-refractivity contribution in [3.8, 4) is 0 Å². The number of carboxylic acid groups (broad SMARTS) is 1. The molecule has 0 saturated carbocycles. The van der Waals surface area contributed by atoms with Gasteiger partial charge in [-0.2, -0.15) is 0 Å². The number of carbonyl (C=O) groups is 1. The zero-order chi connectivity index (χ0) is 13.5. The van der Waals surface area contributed by atoms with E-state index >= 15 is 0 Å². The zero-order valence-corrected chi connectivity index (χ0v) is 11.4. The highest BCUT2D eigenvalue weighted by Crippen LogP contribution is 2.02. The summed E-state index contributed by atoms with van der Waals surface area (Å²) in [7, 11) is 4.51. The van der Waals surface area contributed by atoms with Gasteiger partial charge in [0, 0.05) is 0 Å². The van der Waals surface area contributed by atoms with Crippen LogP contribution in [0.2, 0.25) is 0 Å². The molecule has 0 fully saturated rings. The molecular weight excluding hydrogens is 214 g/mol. The van der Waals surface area contributed by atoms with Crippen LogP contribution in [0.5, 0.6) is 0 Å². The van der Waals surface area contributed by atoms with Gasteiger partial charge in [-0.05, 0) is 26.3 Å². The molecule has 0 N–H and O–H groups in total. The lowest BCUT2D eigenvalue weighted by Crippen LogP contribution is -2.45. The van der Waals surface area contributed by atoms with Crippen LogP contribution in [0, 0.1) is 0 Å². The zero-order valence-electron chi connectivity index (χ0n) is 11.4. The second kappa shape index (κ2) is 7.07. The van der Waals surface area contributed by atoms with E-state index in [1.54, 1.807) is 18.2 Å². The molecule has 0 heterocycles. The minimum Gasteiger partial charge on any atom is -0.545 e. The summed E-state index contributed by atoms with van der Waals surface area (Å²) in [5.74, 6) is -1.13. The van der Waals surface area contributed by atoms with Crippen molar-refractivity contribution in [3.05, 3.63) is 35.9 Å². The molecule has 0 spiro atoms. The number of nitrogens with zero attached hydrogens (tertiary/aromatic N) is 1. The number of rotatable bonds is 3.